The summed E-state index contributed by atoms with van der Waals surface area (Å²) in [5, 5.41) is 13.9. The maximum atomic E-state index is 13.4. The molecule has 0 saturated heterocycles. The minimum absolute atomic E-state index is 0.0234. The van der Waals surface area contributed by atoms with Gasteiger partial charge in [-0.15, -0.1) is 5.10 Å². The van der Waals surface area contributed by atoms with Gasteiger partial charge in [0.1, 0.15) is 5.75 Å². The lowest BCUT2D eigenvalue weighted by molar-refractivity contribution is -0.124. The number of carbonyl (C=O) groups is 2. The van der Waals surface area contributed by atoms with Crippen molar-refractivity contribution < 1.29 is 24.2 Å². The van der Waals surface area contributed by atoms with Gasteiger partial charge >= 0.3 is 6.16 Å². The molecule has 1 saturated carbocycles. The Morgan fingerprint density at radius 3 is 2.68 bits per heavy atom. The van der Waals surface area contributed by atoms with Crippen LogP contribution in [0.4, 0.5) is 10.6 Å². The number of ether oxygens (including phenoxy) is 2. The number of carboxylic acid groups (broad SMARTS) is 1. The van der Waals surface area contributed by atoms with E-state index in [-0.39, 0.29) is 29.4 Å². The number of fused-ring (bicyclic) bond motifs is 1. The fraction of sp³-hybridized carbons (Fsp3) is 0.522. The molecule has 1 fully saturated rings. The van der Waals surface area contributed by atoms with E-state index in [9.17, 15) is 14.7 Å². The van der Waals surface area contributed by atoms with E-state index < -0.39 is 6.16 Å². The predicted octanol–water partition coefficient (Wildman–Crippen LogP) is 4.43. The first-order valence-electron chi connectivity index (χ1n) is 10.9. The summed E-state index contributed by atoms with van der Waals surface area (Å²) in [5.41, 5.74) is 1.83. The lowest BCUT2D eigenvalue weighted by atomic mass is 9.82. The van der Waals surface area contributed by atoms with Crippen LogP contribution in [-0.2, 0) is 11.2 Å². The highest BCUT2D eigenvalue weighted by molar-refractivity contribution is 5.96. The molecule has 8 heteroatoms. The Labute approximate surface area is 181 Å². The minimum atomic E-state index is -1.44. The number of anilines is 1. The molecule has 1 aromatic carbocycles. The molecule has 0 atom stereocenters. The molecule has 1 aliphatic carbocycles. The van der Waals surface area contributed by atoms with Crippen LogP contribution >= 0.6 is 0 Å². The molecule has 1 amide bonds. The van der Waals surface area contributed by atoms with E-state index in [1.165, 1.54) is 6.20 Å². The van der Waals surface area contributed by atoms with Crippen molar-refractivity contribution >= 4 is 17.9 Å². The number of carbonyl (C=O) groups excluding carboxylic acids is 1. The first-order chi connectivity index (χ1) is 14.8. The summed E-state index contributed by atoms with van der Waals surface area (Å²) in [4.78, 5) is 26.4. The maximum absolute atomic E-state index is 13.4. The Morgan fingerprint density at radius 1 is 1.26 bits per heavy atom. The van der Waals surface area contributed by atoms with Crippen LogP contribution in [0.2, 0.25) is 0 Å². The molecule has 2 aromatic rings. The van der Waals surface area contributed by atoms with Gasteiger partial charge in [0.2, 0.25) is 11.7 Å². The fourth-order valence-electron chi connectivity index (χ4n) is 4.44. The number of aromatic nitrogens is 2. The average molecular weight is 428 g/mol. The fourth-order valence-corrected chi connectivity index (χ4v) is 4.44. The van der Waals surface area contributed by atoms with Crippen molar-refractivity contribution in [2.75, 3.05) is 11.5 Å². The number of hydrogen-bond acceptors (Lipinski definition) is 5. The summed E-state index contributed by atoms with van der Waals surface area (Å²) in [6.45, 7) is 6.66. The summed E-state index contributed by atoms with van der Waals surface area (Å²) in [6, 6.07) is 5.51. The van der Waals surface area contributed by atoms with Gasteiger partial charge in [0.05, 0.1) is 18.5 Å². The van der Waals surface area contributed by atoms with E-state index in [1.807, 2.05) is 32.0 Å². The number of rotatable bonds is 5. The first-order valence-corrected chi connectivity index (χ1v) is 10.9. The lowest BCUT2D eigenvalue weighted by Crippen LogP contribution is -2.42. The zero-order valence-corrected chi connectivity index (χ0v) is 18.2. The van der Waals surface area contributed by atoms with E-state index in [0.717, 1.165) is 49.1 Å². The van der Waals surface area contributed by atoms with Crippen LogP contribution in [0.3, 0.4) is 0 Å². The Kier molecular flexibility index (Phi) is 5.89. The molecular formula is C23H29N3O5. The quantitative estimate of drug-likeness (QED) is 0.710. The van der Waals surface area contributed by atoms with Crippen molar-refractivity contribution in [3.63, 3.8) is 0 Å². The van der Waals surface area contributed by atoms with Crippen LogP contribution in [-0.4, -0.2) is 39.6 Å². The first kappa shape index (κ1) is 21.2. The normalized spacial score (nSPS) is 20.3. The number of amides is 1. The van der Waals surface area contributed by atoms with Crippen molar-refractivity contribution in [3.05, 3.63) is 30.0 Å². The van der Waals surface area contributed by atoms with Crippen molar-refractivity contribution in [2.24, 2.45) is 11.8 Å². The summed E-state index contributed by atoms with van der Waals surface area (Å²) in [7, 11) is 0. The Bertz CT molecular complexity index is 976. The molecule has 4 rings (SSSR count). The minimum Gasteiger partial charge on any atom is -0.493 e. The second-order valence-corrected chi connectivity index (χ2v) is 8.78. The van der Waals surface area contributed by atoms with Crippen LogP contribution in [0.15, 0.2) is 24.4 Å². The van der Waals surface area contributed by atoms with E-state index in [2.05, 4.69) is 12.0 Å². The smallest absolute Gasteiger partial charge is 0.493 e. The van der Waals surface area contributed by atoms with Gasteiger partial charge in [-0.25, -0.2) is 9.48 Å². The summed E-state index contributed by atoms with van der Waals surface area (Å²) in [5.74, 6) is 1.66. The second-order valence-electron chi connectivity index (χ2n) is 8.78. The molecule has 166 valence electrons. The van der Waals surface area contributed by atoms with E-state index in [0.29, 0.717) is 12.5 Å². The highest BCUT2D eigenvalue weighted by Gasteiger charge is 2.34. The van der Waals surface area contributed by atoms with Gasteiger partial charge in [-0.05, 0) is 69.2 Å². The molecule has 31 heavy (non-hydrogen) atoms. The zero-order chi connectivity index (χ0) is 22.1. The summed E-state index contributed by atoms with van der Waals surface area (Å²) >= 11 is 0. The largest absolute Gasteiger partial charge is 0.511 e. The Balaban J connectivity index is 1.70. The Morgan fingerprint density at radius 2 is 2.00 bits per heavy atom. The van der Waals surface area contributed by atoms with Gasteiger partial charge < -0.3 is 14.6 Å². The molecule has 1 N–H and O–H groups in total. The molecule has 0 spiro atoms. The molecular weight excluding hydrogens is 398 g/mol. The van der Waals surface area contributed by atoms with Crippen LogP contribution in [0.5, 0.6) is 11.5 Å². The van der Waals surface area contributed by atoms with Gasteiger partial charge in [0.25, 0.3) is 0 Å². The highest BCUT2D eigenvalue weighted by Crippen LogP contribution is 2.36. The Hall–Kier alpha value is -3.03. The maximum Gasteiger partial charge on any atom is 0.511 e. The van der Waals surface area contributed by atoms with Crippen molar-refractivity contribution in [3.8, 4) is 17.2 Å². The van der Waals surface area contributed by atoms with Crippen LogP contribution < -0.4 is 14.4 Å². The molecule has 8 nitrogen and oxygen atoms in total. The van der Waals surface area contributed by atoms with Gasteiger partial charge in [-0.2, -0.15) is 0 Å². The standard InChI is InChI=1S/C23H29N3O5/c1-14(2)26(22(27)16-6-4-15(3)5-7-16)21-20(31-23(28)29)13-25(24-21)18-8-9-19-17(12-18)10-11-30-19/h8-9,12-16H,4-7,10-11H2,1-3H3,(H,28,29). The lowest BCUT2D eigenvalue weighted by Gasteiger charge is -2.32. The SMILES string of the molecule is CC1CCC(C(=O)N(c2nn(-c3ccc4c(c3)CCO4)cc2OC(=O)O)C(C)C)CC1. The summed E-state index contributed by atoms with van der Waals surface area (Å²) < 4.78 is 12.2. The second kappa shape index (κ2) is 8.61. The molecule has 0 bridgehead atoms. The third-order valence-corrected chi connectivity index (χ3v) is 6.14. The van der Waals surface area contributed by atoms with Gasteiger partial charge in [0, 0.05) is 18.4 Å². The van der Waals surface area contributed by atoms with Crippen LogP contribution in [0.25, 0.3) is 5.69 Å². The van der Waals surface area contributed by atoms with Gasteiger partial charge in [-0.1, -0.05) is 6.92 Å². The van der Waals surface area contributed by atoms with E-state index in [4.69, 9.17) is 9.47 Å². The molecule has 2 heterocycles. The van der Waals surface area contributed by atoms with E-state index in [1.54, 1.807) is 9.58 Å². The third kappa shape index (κ3) is 4.38. The van der Waals surface area contributed by atoms with Crippen molar-refractivity contribution in [1.29, 1.82) is 0 Å². The summed E-state index contributed by atoms with van der Waals surface area (Å²) in [6.07, 6.45) is 4.61. The van der Waals surface area contributed by atoms with Crippen LogP contribution in [0, 0.1) is 11.8 Å². The van der Waals surface area contributed by atoms with Gasteiger partial charge in [0.15, 0.2) is 5.75 Å². The molecule has 1 aliphatic heterocycles. The third-order valence-electron chi connectivity index (χ3n) is 6.14. The van der Waals surface area contributed by atoms with Crippen LogP contribution in [0.1, 0.15) is 52.0 Å². The highest BCUT2D eigenvalue weighted by atomic mass is 16.7. The topological polar surface area (TPSA) is 93.9 Å². The number of benzene rings is 1. The van der Waals surface area contributed by atoms with E-state index >= 15 is 0 Å². The molecule has 0 unspecified atom stereocenters. The van der Waals surface area contributed by atoms with Crippen molar-refractivity contribution in [2.45, 2.75) is 58.9 Å². The van der Waals surface area contributed by atoms with Crippen molar-refractivity contribution in [1.82, 2.24) is 9.78 Å². The monoisotopic (exact) mass is 427 g/mol. The molecule has 1 aromatic heterocycles. The predicted molar refractivity (Wildman–Crippen MR) is 115 cm³/mol. The molecule has 0 radical (unpaired) electrons. The zero-order valence-electron chi connectivity index (χ0n) is 18.2. The number of nitrogens with zero attached hydrogens (tertiary/aromatic N) is 3. The average Bonchev–Trinajstić information content (AvgIpc) is 3.34. The number of hydrogen-bond donors (Lipinski definition) is 1. The molecule has 2 aliphatic rings. The van der Waals surface area contributed by atoms with Gasteiger partial charge in [-0.3, -0.25) is 9.69 Å².